The highest BCUT2D eigenvalue weighted by molar-refractivity contribution is 5.86. The average molecular weight is 497 g/mol. The maximum atomic E-state index is 14.0. The zero-order chi connectivity index (χ0) is 23.3. The lowest BCUT2D eigenvalue weighted by molar-refractivity contribution is -0.183. The summed E-state index contributed by atoms with van der Waals surface area (Å²) in [5, 5.41) is 8.73. The van der Waals surface area contributed by atoms with Gasteiger partial charge in [0.1, 0.15) is 28.8 Å². The number of methoxy groups -OCH3 is 1. The maximum Gasteiger partial charge on any atom is 0.408 e. The minimum Gasteiger partial charge on any atom is -0.494 e. The molecule has 0 radical (unpaired) electrons. The molecule has 1 aromatic carbocycles. The predicted molar refractivity (Wildman–Crippen MR) is 120 cm³/mol. The van der Waals surface area contributed by atoms with Crippen LogP contribution in [0.2, 0.25) is 0 Å². The van der Waals surface area contributed by atoms with Crippen LogP contribution in [0.4, 0.5) is 17.6 Å². The number of aromatic nitrogens is 4. The van der Waals surface area contributed by atoms with Gasteiger partial charge in [0.15, 0.2) is 11.5 Å². The first-order valence-electron chi connectivity index (χ1n) is 10.3. The lowest BCUT2D eigenvalue weighted by atomic mass is 10.1. The zero-order valence-electron chi connectivity index (χ0n) is 18.0. The molecule has 3 aromatic heterocycles. The van der Waals surface area contributed by atoms with Gasteiger partial charge in [0.2, 0.25) is 0 Å². The van der Waals surface area contributed by atoms with Gasteiger partial charge in [-0.3, -0.25) is 9.30 Å². The number of fused-ring (bicyclic) bond motifs is 2. The van der Waals surface area contributed by atoms with Gasteiger partial charge in [-0.2, -0.15) is 13.2 Å². The zero-order valence-corrected chi connectivity index (χ0v) is 18.8. The van der Waals surface area contributed by atoms with Crippen LogP contribution in [0, 0.1) is 5.82 Å². The molecule has 5 rings (SSSR count). The van der Waals surface area contributed by atoms with E-state index >= 15 is 0 Å². The molecule has 2 N–H and O–H groups in total. The van der Waals surface area contributed by atoms with Crippen molar-refractivity contribution in [2.45, 2.75) is 24.7 Å². The summed E-state index contributed by atoms with van der Waals surface area (Å²) in [5.74, 6) is 0.0364. The molecule has 0 spiro atoms. The molecular weight excluding hydrogens is 476 g/mol. The van der Waals surface area contributed by atoms with Crippen LogP contribution in [0.25, 0.3) is 28.1 Å². The van der Waals surface area contributed by atoms with Crippen molar-refractivity contribution in [1.82, 2.24) is 24.5 Å². The van der Waals surface area contributed by atoms with E-state index in [1.54, 1.807) is 12.1 Å². The van der Waals surface area contributed by atoms with E-state index in [0.717, 1.165) is 0 Å². The number of pyridine rings is 2. The number of benzene rings is 1. The molecule has 12 heteroatoms. The molecular formula is C22H21ClF4N6O. The van der Waals surface area contributed by atoms with Gasteiger partial charge in [-0.25, -0.2) is 9.37 Å². The molecule has 4 heterocycles. The molecule has 4 aromatic rings. The molecule has 0 aliphatic carbocycles. The quantitative estimate of drug-likeness (QED) is 0.427. The molecule has 1 aliphatic rings. The standard InChI is InChI=1S/C22H20F4N6O.ClH/c1-33-17-9-14(23)8-12-2-4-16(28-19(12)17)21-30-29-18-5-3-13(10-32(18)21)20(22(24,25)26)31-7-6-15(27)11-31;/h2-5,8-10,15,20H,6-7,11,27H2,1H3;1H/t15-,20+;/m0./s1. The monoisotopic (exact) mass is 496 g/mol. The number of nitrogens with zero attached hydrogens (tertiary/aromatic N) is 5. The van der Waals surface area contributed by atoms with Gasteiger partial charge in [-0.05, 0) is 30.2 Å². The van der Waals surface area contributed by atoms with Crippen LogP contribution in [-0.2, 0) is 0 Å². The molecule has 180 valence electrons. The van der Waals surface area contributed by atoms with Crippen molar-refractivity contribution < 1.29 is 22.3 Å². The van der Waals surface area contributed by atoms with Gasteiger partial charge in [0.25, 0.3) is 0 Å². The van der Waals surface area contributed by atoms with Gasteiger partial charge in [-0.1, -0.05) is 12.1 Å². The Bertz CT molecular complexity index is 1340. The van der Waals surface area contributed by atoms with Crippen LogP contribution in [0.3, 0.4) is 0 Å². The van der Waals surface area contributed by atoms with Crippen LogP contribution in [0.5, 0.6) is 5.75 Å². The van der Waals surface area contributed by atoms with Crippen LogP contribution >= 0.6 is 12.4 Å². The van der Waals surface area contributed by atoms with Crippen molar-refractivity contribution in [1.29, 1.82) is 0 Å². The first kappa shape index (κ1) is 24.1. The van der Waals surface area contributed by atoms with Gasteiger partial charge in [-0.15, -0.1) is 22.6 Å². The number of nitrogens with two attached hydrogens (primary N) is 1. The molecule has 7 nitrogen and oxygen atoms in total. The number of hydrogen-bond donors (Lipinski definition) is 1. The normalized spacial score (nSPS) is 17.8. The Labute approximate surface area is 197 Å². The first-order valence-corrected chi connectivity index (χ1v) is 10.3. The number of ether oxygens (including phenoxy) is 1. The van der Waals surface area contributed by atoms with Crippen molar-refractivity contribution in [2.24, 2.45) is 5.73 Å². The van der Waals surface area contributed by atoms with E-state index in [2.05, 4.69) is 15.2 Å². The van der Waals surface area contributed by atoms with Crippen LogP contribution in [-0.4, -0.2) is 56.9 Å². The van der Waals surface area contributed by atoms with Crippen molar-refractivity contribution in [3.05, 3.63) is 54.0 Å². The highest BCUT2D eigenvalue weighted by Crippen LogP contribution is 2.39. The predicted octanol–water partition coefficient (Wildman–Crippen LogP) is 4.15. The Morgan fingerprint density at radius 3 is 2.62 bits per heavy atom. The second kappa shape index (κ2) is 8.97. The lowest BCUT2D eigenvalue weighted by Crippen LogP contribution is -2.38. The number of hydrogen-bond acceptors (Lipinski definition) is 6. The molecule has 0 bridgehead atoms. The summed E-state index contributed by atoms with van der Waals surface area (Å²) in [6.45, 7) is 0.431. The van der Waals surface area contributed by atoms with E-state index in [0.29, 0.717) is 28.7 Å². The largest absolute Gasteiger partial charge is 0.494 e. The van der Waals surface area contributed by atoms with Gasteiger partial charge < -0.3 is 10.5 Å². The van der Waals surface area contributed by atoms with Crippen LogP contribution in [0.15, 0.2) is 42.6 Å². The third-order valence-electron chi connectivity index (χ3n) is 5.84. The Morgan fingerprint density at radius 2 is 1.94 bits per heavy atom. The number of rotatable bonds is 4. The van der Waals surface area contributed by atoms with Crippen molar-refractivity contribution in [3.63, 3.8) is 0 Å². The van der Waals surface area contributed by atoms with Crippen LogP contribution < -0.4 is 10.5 Å². The van der Waals surface area contributed by atoms with Gasteiger partial charge >= 0.3 is 6.18 Å². The molecule has 1 aliphatic heterocycles. The smallest absolute Gasteiger partial charge is 0.408 e. The highest BCUT2D eigenvalue weighted by atomic mass is 35.5. The third-order valence-corrected chi connectivity index (χ3v) is 5.84. The number of alkyl halides is 3. The third kappa shape index (κ3) is 4.26. The van der Waals surface area contributed by atoms with Crippen molar-refractivity contribution in [3.8, 4) is 17.3 Å². The second-order valence-corrected chi connectivity index (χ2v) is 8.08. The summed E-state index contributed by atoms with van der Waals surface area (Å²) < 4.78 is 62.6. The lowest BCUT2D eigenvalue weighted by Gasteiger charge is -2.30. The Hall–Kier alpha value is -3.02. The topological polar surface area (TPSA) is 81.6 Å². The van der Waals surface area contributed by atoms with E-state index in [1.165, 1.54) is 46.9 Å². The Kier molecular flexibility index (Phi) is 6.36. The molecule has 1 fully saturated rings. The Balaban J connectivity index is 0.00000274. The fraction of sp³-hybridized carbons (Fsp3) is 0.318. The molecule has 0 amide bonds. The fourth-order valence-electron chi connectivity index (χ4n) is 4.35. The SMILES string of the molecule is COc1cc(F)cc2ccc(-c3nnc4ccc([C@@H](N5CC[C@H](N)C5)C(F)(F)F)cn34)nc12.Cl. The number of likely N-dealkylation sites (tertiary alicyclic amines) is 1. The molecule has 34 heavy (non-hydrogen) atoms. The van der Waals surface area contributed by atoms with E-state index in [1.807, 2.05) is 0 Å². The second-order valence-electron chi connectivity index (χ2n) is 8.08. The van der Waals surface area contributed by atoms with Crippen molar-refractivity contribution >= 4 is 29.0 Å². The van der Waals surface area contributed by atoms with E-state index in [4.69, 9.17) is 10.5 Å². The summed E-state index contributed by atoms with van der Waals surface area (Å²) >= 11 is 0. The molecule has 0 unspecified atom stereocenters. The summed E-state index contributed by atoms with van der Waals surface area (Å²) in [7, 11) is 1.41. The average Bonchev–Trinajstić information content (AvgIpc) is 3.38. The van der Waals surface area contributed by atoms with Crippen LogP contribution in [0.1, 0.15) is 18.0 Å². The molecule has 2 atom stereocenters. The number of halogens is 5. The minimum absolute atomic E-state index is 0. The highest BCUT2D eigenvalue weighted by Gasteiger charge is 2.46. The summed E-state index contributed by atoms with van der Waals surface area (Å²) in [6.07, 6.45) is -2.58. The van der Waals surface area contributed by atoms with Crippen molar-refractivity contribution in [2.75, 3.05) is 20.2 Å². The Morgan fingerprint density at radius 1 is 1.15 bits per heavy atom. The molecule has 1 saturated heterocycles. The van der Waals surface area contributed by atoms with E-state index in [-0.39, 0.29) is 48.7 Å². The minimum atomic E-state index is -4.48. The van der Waals surface area contributed by atoms with Gasteiger partial charge in [0, 0.05) is 36.8 Å². The van der Waals surface area contributed by atoms with E-state index < -0.39 is 18.0 Å². The molecule has 0 saturated carbocycles. The summed E-state index contributed by atoms with van der Waals surface area (Å²) in [4.78, 5) is 5.88. The first-order chi connectivity index (χ1) is 15.7. The van der Waals surface area contributed by atoms with E-state index in [9.17, 15) is 17.6 Å². The summed E-state index contributed by atoms with van der Waals surface area (Å²) in [6, 6.07) is 6.64. The maximum absolute atomic E-state index is 14.0. The van der Waals surface area contributed by atoms with Gasteiger partial charge in [0.05, 0.1) is 7.11 Å². The summed E-state index contributed by atoms with van der Waals surface area (Å²) in [5.41, 5.74) is 7.07. The fourth-order valence-corrected chi connectivity index (χ4v) is 4.35.